The molecule has 96 valence electrons. The van der Waals surface area contributed by atoms with Gasteiger partial charge in [0.1, 0.15) is 5.82 Å². The zero-order valence-electron chi connectivity index (χ0n) is 11.0. The number of nitrogens with two attached hydrogens (primary N) is 1. The van der Waals surface area contributed by atoms with Crippen molar-refractivity contribution in [2.24, 2.45) is 0 Å². The van der Waals surface area contributed by atoms with E-state index in [0.29, 0.717) is 12.0 Å². The van der Waals surface area contributed by atoms with Gasteiger partial charge in [-0.15, -0.1) is 0 Å². The summed E-state index contributed by atoms with van der Waals surface area (Å²) >= 11 is 0. The Morgan fingerprint density at radius 3 is 3.00 bits per heavy atom. The van der Waals surface area contributed by atoms with Crippen molar-refractivity contribution in [3.05, 3.63) is 30.4 Å². The zero-order chi connectivity index (χ0) is 12.7. The van der Waals surface area contributed by atoms with Crippen LogP contribution in [0.3, 0.4) is 0 Å². The average Bonchev–Trinajstić information content (AvgIpc) is 2.94. The number of nitrogens with zero attached hydrogens (tertiary/aromatic N) is 3. The maximum absolute atomic E-state index is 5.97. The first-order valence-electron chi connectivity index (χ1n) is 6.62. The van der Waals surface area contributed by atoms with Gasteiger partial charge in [0, 0.05) is 24.7 Å². The topological polar surface area (TPSA) is 46.6 Å². The summed E-state index contributed by atoms with van der Waals surface area (Å²) in [5, 5.41) is 0. The Balaban J connectivity index is 1.94. The molecule has 0 aromatic carbocycles. The van der Waals surface area contributed by atoms with E-state index < -0.39 is 0 Å². The van der Waals surface area contributed by atoms with Crippen LogP contribution < -0.4 is 5.73 Å². The zero-order valence-corrected chi connectivity index (χ0v) is 11.0. The number of aromatic nitrogens is 2. The van der Waals surface area contributed by atoms with Gasteiger partial charge in [-0.1, -0.05) is 0 Å². The van der Waals surface area contributed by atoms with Crippen molar-refractivity contribution < 1.29 is 0 Å². The molecule has 1 fully saturated rings. The van der Waals surface area contributed by atoms with Crippen LogP contribution in [0.5, 0.6) is 0 Å². The lowest BCUT2D eigenvalue weighted by molar-refractivity contribution is 0.272. The SMILES string of the molecule is CC(C)N1CCC(c2ncc3c(N)cccn23)C1. The fourth-order valence-electron chi connectivity index (χ4n) is 2.83. The van der Waals surface area contributed by atoms with Crippen LogP contribution in [0.25, 0.3) is 5.52 Å². The molecule has 1 aliphatic heterocycles. The van der Waals surface area contributed by atoms with Gasteiger partial charge in [0.25, 0.3) is 0 Å². The number of rotatable bonds is 2. The van der Waals surface area contributed by atoms with Gasteiger partial charge in [0.15, 0.2) is 0 Å². The van der Waals surface area contributed by atoms with Crippen molar-refractivity contribution in [2.45, 2.75) is 32.2 Å². The van der Waals surface area contributed by atoms with Crippen LogP contribution in [0.2, 0.25) is 0 Å². The van der Waals surface area contributed by atoms with Gasteiger partial charge in [-0.05, 0) is 38.9 Å². The van der Waals surface area contributed by atoms with Crippen LogP contribution in [0.4, 0.5) is 5.69 Å². The van der Waals surface area contributed by atoms with Gasteiger partial charge in [-0.25, -0.2) is 4.98 Å². The summed E-state index contributed by atoms with van der Waals surface area (Å²) in [6.07, 6.45) is 5.14. The molecule has 2 aromatic rings. The lowest BCUT2D eigenvalue weighted by atomic mass is 10.1. The minimum atomic E-state index is 0.525. The average molecular weight is 244 g/mol. The fourth-order valence-corrected chi connectivity index (χ4v) is 2.83. The maximum Gasteiger partial charge on any atom is 0.117 e. The van der Waals surface area contributed by atoms with E-state index in [1.807, 2.05) is 18.3 Å². The maximum atomic E-state index is 5.97. The highest BCUT2D eigenvalue weighted by molar-refractivity contribution is 5.68. The van der Waals surface area contributed by atoms with Crippen molar-refractivity contribution in [3.8, 4) is 0 Å². The first-order valence-corrected chi connectivity index (χ1v) is 6.62. The predicted molar refractivity (Wildman–Crippen MR) is 73.7 cm³/mol. The lowest BCUT2D eigenvalue weighted by Crippen LogP contribution is -2.28. The Hall–Kier alpha value is -1.55. The molecule has 0 radical (unpaired) electrons. The van der Waals surface area contributed by atoms with E-state index in [-0.39, 0.29) is 0 Å². The van der Waals surface area contributed by atoms with E-state index in [1.54, 1.807) is 0 Å². The van der Waals surface area contributed by atoms with E-state index in [4.69, 9.17) is 5.73 Å². The minimum Gasteiger partial charge on any atom is -0.397 e. The van der Waals surface area contributed by atoms with E-state index in [2.05, 4.69) is 34.3 Å². The molecule has 0 amide bonds. The third-order valence-electron chi connectivity index (χ3n) is 3.95. The molecule has 2 N–H and O–H groups in total. The van der Waals surface area contributed by atoms with Crippen molar-refractivity contribution in [3.63, 3.8) is 0 Å². The molecule has 2 aromatic heterocycles. The van der Waals surface area contributed by atoms with Gasteiger partial charge in [-0.2, -0.15) is 0 Å². The number of likely N-dealkylation sites (tertiary alicyclic amines) is 1. The van der Waals surface area contributed by atoms with Crippen LogP contribution in [-0.4, -0.2) is 33.4 Å². The van der Waals surface area contributed by atoms with Gasteiger partial charge < -0.3 is 15.0 Å². The Kier molecular flexibility index (Phi) is 2.74. The van der Waals surface area contributed by atoms with Crippen molar-refractivity contribution >= 4 is 11.2 Å². The van der Waals surface area contributed by atoms with E-state index in [9.17, 15) is 0 Å². The molecular weight excluding hydrogens is 224 g/mol. The first kappa shape index (κ1) is 11.5. The van der Waals surface area contributed by atoms with Crippen molar-refractivity contribution in [1.29, 1.82) is 0 Å². The van der Waals surface area contributed by atoms with E-state index in [0.717, 1.165) is 23.6 Å². The highest BCUT2D eigenvalue weighted by Crippen LogP contribution is 2.29. The Labute approximate surface area is 107 Å². The fraction of sp³-hybridized carbons (Fsp3) is 0.500. The summed E-state index contributed by atoms with van der Waals surface area (Å²) < 4.78 is 2.14. The molecule has 3 heterocycles. The molecule has 0 saturated carbocycles. The Morgan fingerprint density at radius 1 is 1.44 bits per heavy atom. The largest absolute Gasteiger partial charge is 0.397 e. The number of hydrogen-bond donors (Lipinski definition) is 1. The van der Waals surface area contributed by atoms with Crippen LogP contribution >= 0.6 is 0 Å². The first-order chi connectivity index (χ1) is 8.66. The number of hydrogen-bond acceptors (Lipinski definition) is 3. The third-order valence-corrected chi connectivity index (χ3v) is 3.95. The second kappa shape index (κ2) is 4.28. The number of anilines is 1. The van der Waals surface area contributed by atoms with E-state index >= 15 is 0 Å². The molecule has 0 aliphatic carbocycles. The van der Waals surface area contributed by atoms with Crippen LogP contribution in [0.1, 0.15) is 32.0 Å². The van der Waals surface area contributed by atoms with Crippen molar-refractivity contribution in [2.75, 3.05) is 18.8 Å². The third kappa shape index (κ3) is 1.77. The van der Waals surface area contributed by atoms with Crippen LogP contribution in [0, 0.1) is 0 Å². The van der Waals surface area contributed by atoms with Gasteiger partial charge in [0.05, 0.1) is 17.4 Å². The summed E-state index contributed by atoms with van der Waals surface area (Å²) in [4.78, 5) is 7.10. The standard InChI is InChI=1S/C14H20N4/c1-10(2)17-7-5-11(9-17)14-16-8-13-12(15)4-3-6-18(13)14/h3-4,6,8,10-11H,5,7,9,15H2,1-2H3. The molecule has 18 heavy (non-hydrogen) atoms. The van der Waals surface area contributed by atoms with E-state index in [1.165, 1.54) is 13.0 Å². The Bertz CT molecular complexity index is 558. The molecular formula is C14H20N4. The monoisotopic (exact) mass is 244 g/mol. The molecule has 1 atom stereocenters. The van der Waals surface area contributed by atoms with Gasteiger partial charge in [0.2, 0.25) is 0 Å². The smallest absolute Gasteiger partial charge is 0.117 e. The normalized spacial score (nSPS) is 21.2. The van der Waals surface area contributed by atoms with Crippen molar-refractivity contribution in [1.82, 2.24) is 14.3 Å². The predicted octanol–water partition coefficient (Wildman–Crippen LogP) is 2.11. The molecule has 4 nitrogen and oxygen atoms in total. The summed E-state index contributed by atoms with van der Waals surface area (Å²) in [6, 6.07) is 4.53. The summed E-state index contributed by atoms with van der Waals surface area (Å²) in [5.41, 5.74) is 7.80. The summed E-state index contributed by atoms with van der Waals surface area (Å²) in [6.45, 7) is 6.78. The molecule has 4 heteroatoms. The number of imidazole rings is 1. The summed E-state index contributed by atoms with van der Waals surface area (Å²) in [5.74, 6) is 1.68. The summed E-state index contributed by atoms with van der Waals surface area (Å²) in [7, 11) is 0. The molecule has 3 rings (SSSR count). The van der Waals surface area contributed by atoms with Crippen LogP contribution in [0.15, 0.2) is 24.5 Å². The molecule has 0 bridgehead atoms. The molecule has 1 unspecified atom stereocenters. The minimum absolute atomic E-state index is 0.525. The highest BCUT2D eigenvalue weighted by Gasteiger charge is 2.28. The second-order valence-corrected chi connectivity index (χ2v) is 5.41. The highest BCUT2D eigenvalue weighted by atomic mass is 15.2. The Morgan fingerprint density at radius 2 is 2.28 bits per heavy atom. The van der Waals surface area contributed by atoms with Crippen LogP contribution in [-0.2, 0) is 0 Å². The number of fused-ring (bicyclic) bond motifs is 1. The quantitative estimate of drug-likeness (QED) is 0.880. The molecule has 1 aliphatic rings. The number of nitrogen functional groups attached to an aromatic ring is 1. The van der Waals surface area contributed by atoms with Gasteiger partial charge >= 0.3 is 0 Å². The van der Waals surface area contributed by atoms with Gasteiger partial charge in [-0.3, -0.25) is 0 Å². The lowest BCUT2D eigenvalue weighted by Gasteiger charge is -2.19. The number of pyridine rings is 1. The second-order valence-electron chi connectivity index (χ2n) is 5.41. The molecule has 1 saturated heterocycles. The molecule has 0 spiro atoms.